The third kappa shape index (κ3) is 2.97. The summed E-state index contributed by atoms with van der Waals surface area (Å²) in [5.74, 6) is 0.435. The van der Waals surface area contributed by atoms with Gasteiger partial charge in [-0.15, -0.1) is 22.9 Å². The molecule has 1 N–H and O–H groups in total. The van der Waals surface area contributed by atoms with E-state index in [-0.39, 0.29) is 18.6 Å². The SMILES string of the molecule is O=C(Cc1nc(CCl)cs1)N1CCCC1CO. The molecule has 0 aromatic carbocycles. The van der Waals surface area contributed by atoms with Crippen LogP contribution in [0.1, 0.15) is 23.5 Å². The number of amides is 1. The largest absolute Gasteiger partial charge is 0.394 e. The van der Waals surface area contributed by atoms with Crippen LogP contribution in [0, 0.1) is 0 Å². The molecule has 1 aromatic heterocycles. The molecule has 0 spiro atoms. The molecule has 4 nitrogen and oxygen atoms in total. The maximum absolute atomic E-state index is 12.0. The minimum Gasteiger partial charge on any atom is -0.394 e. The van der Waals surface area contributed by atoms with Crippen LogP contribution in [0.4, 0.5) is 0 Å². The van der Waals surface area contributed by atoms with Gasteiger partial charge in [-0.2, -0.15) is 0 Å². The average molecular weight is 275 g/mol. The zero-order valence-corrected chi connectivity index (χ0v) is 11.0. The highest BCUT2D eigenvalue weighted by atomic mass is 35.5. The lowest BCUT2D eigenvalue weighted by Crippen LogP contribution is -2.38. The lowest BCUT2D eigenvalue weighted by Gasteiger charge is -2.22. The number of carbonyl (C=O) groups is 1. The van der Waals surface area contributed by atoms with Crippen molar-refractivity contribution >= 4 is 28.8 Å². The summed E-state index contributed by atoms with van der Waals surface area (Å²) >= 11 is 7.13. The molecule has 0 radical (unpaired) electrons. The van der Waals surface area contributed by atoms with Crippen molar-refractivity contribution in [2.24, 2.45) is 0 Å². The fraction of sp³-hybridized carbons (Fsp3) is 0.636. The van der Waals surface area contributed by atoms with Gasteiger partial charge in [-0.25, -0.2) is 4.98 Å². The molecule has 1 unspecified atom stereocenters. The number of rotatable bonds is 4. The molecule has 6 heteroatoms. The summed E-state index contributed by atoms with van der Waals surface area (Å²) in [6.45, 7) is 0.800. The monoisotopic (exact) mass is 274 g/mol. The third-order valence-electron chi connectivity index (χ3n) is 2.95. The van der Waals surface area contributed by atoms with Crippen molar-refractivity contribution in [2.75, 3.05) is 13.2 Å². The Balaban J connectivity index is 1.96. The number of hydrogen-bond donors (Lipinski definition) is 1. The molecule has 2 rings (SSSR count). The maximum atomic E-state index is 12.0. The molecular formula is C11H15ClN2O2S. The standard InChI is InChI=1S/C11H15ClN2O2S/c12-5-8-7-17-10(13-8)4-11(16)14-3-1-2-9(14)6-15/h7,9,15H,1-6H2. The van der Waals surface area contributed by atoms with Crippen LogP contribution in [0.2, 0.25) is 0 Å². The number of nitrogens with zero attached hydrogens (tertiary/aromatic N) is 2. The molecule has 1 fully saturated rings. The van der Waals surface area contributed by atoms with E-state index in [1.165, 1.54) is 11.3 Å². The molecule has 1 aromatic rings. The summed E-state index contributed by atoms with van der Waals surface area (Å²) in [6, 6.07) is -0.00467. The van der Waals surface area contributed by atoms with Gasteiger partial charge in [0.1, 0.15) is 5.01 Å². The summed E-state index contributed by atoms with van der Waals surface area (Å²) in [4.78, 5) is 18.1. The van der Waals surface area contributed by atoms with Gasteiger partial charge in [0.15, 0.2) is 0 Å². The van der Waals surface area contributed by atoms with E-state index in [0.29, 0.717) is 12.3 Å². The van der Waals surface area contributed by atoms with Crippen molar-refractivity contribution in [3.8, 4) is 0 Å². The highest BCUT2D eigenvalue weighted by Crippen LogP contribution is 2.19. The zero-order valence-electron chi connectivity index (χ0n) is 9.43. The minimum absolute atomic E-state index is 0.00467. The first-order valence-corrected chi connectivity index (χ1v) is 7.05. The minimum atomic E-state index is -0.00467. The average Bonchev–Trinajstić information content (AvgIpc) is 2.96. The van der Waals surface area contributed by atoms with Crippen LogP contribution in [0.5, 0.6) is 0 Å². The van der Waals surface area contributed by atoms with Crippen molar-refractivity contribution in [1.29, 1.82) is 0 Å². The molecule has 1 atom stereocenters. The summed E-state index contributed by atoms with van der Waals surface area (Å²) in [5, 5.41) is 11.8. The third-order valence-corrected chi connectivity index (χ3v) is 4.12. The predicted octanol–water partition coefficient (Wildman–Crippen LogP) is 1.41. The fourth-order valence-corrected chi connectivity index (χ4v) is 3.09. The van der Waals surface area contributed by atoms with E-state index in [9.17, 15) is 4.79 Å². The van der Waals surface area contributed by atoms with Gasteiger partial charge in [0.05, 0.1) is 30.6 Å². The molecule has 94 valence electrons. The van der Waals surface area contributed by atoms with Crippen molar-refractivity contribution in [3.63, 3.8) is 0 Å². The van der Waals surface area contributed by atoms with Crippen molar-refractivity contribution in [2.45, 2.75) is 31.2 Å². The first-order chi connectivity index (χ1) is 8.24. The Morgan fingerprint density at radius 1 is 1.71 bits per heavy atom. The summed E-state index contributed by atoms with van der Waals surface area (Å²) < 4.78 is 0. The van der Waals surface area contributed by atoms with Crippen LogP contribution in [0.25, 0.3) is 0 Å². The quantitative estimate of drug-likeness (QED) is 0.845. The van der Waals surface area contributed by atoms with Crippen molar-refractivity contribution in [1.82, 2.24) is 9.88 Å². The number of hydrogen-bond acceptors (Lipinski definition) is 4. The van der Waals surface area contributed by atoms with Crippen LogP contribution >= 0.6 is 22.9 Å². The number of carbonyl (C=O) groups excluding carboxylic acids is 1. The van der Waals surface area contributed by atoms with E-state index < -0.39 is 0 Å². The van der Waals surface area contributed by atoms with Crippen molar-refractivity contribution in [3.05, 3.63) is 16.1 Å². The Labute approximate surface area is 109 Å². The lowest BCUT2D eigenvalue weighted by atomic mass is 10.2. The lowest BCUT2D eigenvalue weighted by molar-refractivity contribution is -0.131. The first kappa shape index (κ1) is 12.8. The van der Waals surface area contributed by atoms with Crippen LogP contribution < -0.4 is 0 Å². The van der Waals surface area contributed by atoms with Gasteiger partial charge in [-0.3, -0.25) is 4.79 Å². The van der Waals surface area contributed by atoms with Gasteiger partial charge >= 0.3 is 0 Å². The highest BCUT2D eigenvalue weighted by Gasteiger charge is 2.28. The number of halogens is 1. The molecule has 1 aliphatic heterocycles. The number of aliphatic hydroxyl groups is 1. The molecule has 2 heterocycles. The molecular weight excluding hydrogens is 260 g/mol. The molecule has 0 aliphatic carbocycles. The van der Waals surface area contributed by atoms with Gasteiger partial charge in [0, 0.05) is 11.9 Å². The maximum Gasteiger partial charge on any atom is 0.229 e. The normalized spacial score (nSPS) is 19.9. The second kappa shape index (κ2) is 5.80. The molecule has 1 saturated heterocycles. The topological polar surface area (TPSA) is 53.4 Å². The smallest absolute Gasteiger partial charge is 0.229 e. The second-order valence-electron chi connectivity index (χ2n) is 4.11. The second-order valence-corrected chi connectivity index (χ2v) is 5.32. The van der Waals surface area contributed by atoms with Crippen LogP contribution in [0.3, 0.4) is 0 Å². The Bertz CT molecular complexity index is 397. The summed E-state index contributed by atoms with van der Waals surface area (Å²) in [6.07, 6.45) is 2.19. The Morgan fingerprint density at radius 2 is 2.53 bits per heavy atom. The van der Waals surface area contributed by atoms with Gasteiger partial charge in [-0.05, 0) is 12.8 Å². The highest BCUT2D eigenvalue weighted by molar-refractivity contribution is 7.09. The van der Waals surface area contributed by atoms with Gasteiger partial charge in [0.2, 0.25) is 5.91 Å². The fourth-order valence-electron chi connectivity index (χ4n) is 2.08. The molecule has 17 heavy (non-hydrogen) atoms. The van der Waals surface area contributed by atoms with Crippen molar-refractivity contribution < 1.29 is 9.90 Å². The number of aliphatic hydroxyl groups excluding tert-OH is 1. The zero-order chi connectivity index (χ0) is 12.3. The number of aromatic nitrogens is 1. The Morgan fingerprint density at radius 3 is 3.18 bits per heavy atom. The van der Waals surface area contributed by atoms with Crippen LogP contribution in [-0.4, -0.2) is 40.1 Å². The molecule has 1 aliphatic rings. The molecule has 0 bridgehead atoms. The van der Waals surface area contributed by atoms with E-state index in [1.807, 2.05) is 5.38 Å². The van der Waals surface area contributed by atoms with Gasteiger partial charge in [0.25, 0.3) is 0 Å². The number of alkyl halides is 1. The van der Waals surface area contributed by atoms with E-state index >= 15 is 0 Å². The van der Waals surface area contributed by atoms with Gasteiger partial charge in [-0.1, -0.05) is 0 Å². The first-order valence-electron chi connectivity index (χ1n) is 5.64. The number of thiazole rings is 1. The van der Waals surface area contributed by atoms with E-state index in [0.717, 1.165) is 30.1 Å². The van der Waals surface area contributed by atoms with E-state index in [4.69, 9.17) is 16.7 Å². The Kier molecular flexibility index (Phi) is 4.36. The van der Waals surface area contributed by atoms with E-state index in [2.05, 4.69) is 4.98 Å². The molecule has 1 amide bonds. The summed E-state index contributed by atoms with van der Waals surface area (Å²) in [5.41, 5.74) is 0.819. The van der Waals surface area contributed by atoms with Gasteiger partial charge < -0.3 is 10.0 Å². The Hall–Kier alpha value is -0.650. The van der Waals surface area contributed by atoms with Crippen LogP contribution in [-0.2, 0) is 17.1 Å². The van der Waals surface area contributed by atoms with Crippen LogP contribution in [0.15, 0.2) is 5.38 Å². The molecule has 0 saturated carbocycles. The predicted molar refractivity (Wildman–Crippen MR) is 67.2 cm³/mol. The van der Waals surface area contributed by atoms with E-state index in [1.54, 1.807) is 4.90 Å². The number of likely N-dealkylation sites (tertiary alicyclic amines) is 1. The summed E-state index contributed by atoms with van der Waals surface area (Å²) in [7, 11) is 0.